The summed E-state index contributed by atoms with van der Waals surface area (Å²) in [5.41, 5.74) is -0.494. The lowest BCUT2D eigenvalue weighted by Crippen LogP contribution is -2.26. The monoisotopic (exact) mass is 535 g/mol. The molecule has 0 radical (unpaired) electrons. The van der Waals surface area contributed by atoms with Crippen molar-refractivity contribution in [1.29, 1.82) is 0 Å². The zero-order valence-electron chi connectivity index (χ0n) is 16.3. The van der Waals surface area contributed by atoms with Gasteiger partial charge in [-0.25, -0.2) is 8.42 Å². The standard InChI is InChI=1S/C21H14BrNO7S2/c1-11-6-8-12(9-7-11)31(26,27)23-19-16(32(28,29)30)10-15(22)17-18(19)21(25)14-5-3-2-4-13(14)20(17)24/h2-10,23H,1H3,(H,28,29,30). The summed E-state index contributed by atoms with van der Waals surface area (Å²) >= 11 is 3.09. The van der Waals surface area contributed by atoms with E-state index in [9.17, 15) is 31.0 Å². The first-order valence-electron chi connectivity index (χ1n) is 9.03. The Morgan fingerprint density at radius 3 is 1.91 bits per heavy atom. The minimum Gasteiger partial charge on any atom is -0.289 e. The zero-order chi connectivity index (χ0) is 23.4. The van der Waals surface area contributed by atoms with Crippen LogP contribution in [0.25, 0.3) is 0 Å². The molecule has 0 heterocycles. The van der Waals surface area contributed by atoms with Gasteiger partial charge in [0.25, 0.3) is 20.1 Å². The average molecular weight is 536 g/mol. The molecule has 0 fully saturated rings. The van der Waals surface area contributed by atoms with Gasteiger partial charge >= 0.3 is 0 Å². The molecule has 0 saturated carbocycles. The van der Waals surface area contributed by atoms with Crippen molar-refractivity contribution in [3.63, 3.8) is 0 Å². The van der Waals surface area contributed by atoms with E-state index >= 15 is 0 Å². The Hall–Kier alpha value is -2.86. The van der Waals surface area contributed by atoms with E-state index in [4.69, 9.17) is 0 Å². The van der Waals surface area contributed by atoms with E-state index < -0.39 is 47.9 Å². The lowest BCUT2D eigenvalue weighted by molar-refractivity contribution is 0.0979. The molecule has 0 amide bonds. The lowest BCUT2D eigenvalue weighted by atomic mass is 9.83. The predicted octanol–water partition coefficient (Wildman–Crippen LogP) is 3.58. The van der Waals surface area contributed by atoms with Crippen molar-refractivity contribution in [2.45, 2.75) is 16.7 Å². The molecule has 8 nitrogen and oxygen atoms in total. The van der Waals surface area contributed by atoms with E-state index in [-0.39, 0.29) is 26.1 Å². The van der Waals surface area contributed by atoms with Gasteiger partial charge in [-0.3, -0.25) is 18.9 Å². The van der Waals surface area contributed by atoms with E-state index in [1.54, 1.807) is 25.1 Å². The molecule has 1 aliphatic rings. The van der Waals surface area contributed by atoms with Gasteiger partial charge in [-0.05, 0) is 41.1 Å². The molecular weight excluding hydrogens is 522 g/mol. The van der Waals surface area contributed by atoms with Crippen LogP contribution in [0, 0.1) is 6.92 Å². The number of anilines is 1. The molecule has 11 heteroatoms. The quantitative estimate of drug-likeness (QED) is 0.381. The van der Waals surface area contributed by atoms with Crippen LogP contribution in [0.4, 0.5) is 5.69 Å². The average Bonchev–Trinajstić information content (AvgIpc) is 2.72. The molecule has 2 N–H and O–H groups in total. The highest BCUT2D eigenvalue weighted by Gasteiger charge is 2.38. The number of halogens is 1. The Morgan fingerprint density at radius 1 is 0.844 bits per heavy atom. The van der Waals surface area contributed by atoms with Crippen molar-refractivity contribution in [2.75, 3.05) is 4.72 Å². The van der Waals surface area contributed by atoms with Crippen molar-refractivity contribution in [1.82, 2.24) is 0 Å². The third kappa shape index (κ3) is 3.66. The van der Waals surface area contributed by atoms with Crippen LogP contribution in [0.15, 0.2) is 68.9 Å². The molecule has 0 atom stereocenters. The Labute approximate surface area is 192 Å². The number of hydrogen-bond donors (Lipinski definition) is 2. The number of fused-ring (bicyclic) bond motifs is 2. The number of sulfonamides is 1. The molecule has 4 rings (SSSR count). The van der Waals surface area contributed by atoms with Crippen LogP contribution >= 0.6 is 15.9 Å². The number of rotatable bonds is 4. The number of nitrogens with one attached hydrogen (secondary N) is 1. The van der Waals surface area contributed by atoms with Crippen LogP contribution in [-0.2, 0) is 20.1 Å². The summed E-state index contributed by atoms with van der Waals surface area (Å²) < 4.78 is 62.0. The lowest BCUT2D eigenvalue weighted by Gasteiger charge is -2.23. The van der Waals surface area contributed by atoms with Gasteiger partial charge in [0.2, 0.25) is 0 Å². The van der Waals surface area contributed by atoms with Gasteiger partial charge in [0, 0.05) is 15.6 Å². The SMILES string of the molecule is Cc1ccc(S(=O)(=O)Nc2c(S(=O)(=O)O)cc(Br)c3c2C(=O)c2ccccc2C3=O)cc1. The normalized spacial score (nSPS) is 13.5. The number of hydrogen-bond acceptors (Lipinski definition) is 6. The van der Waals surface area contributed by atoms with Crippen molar-refractivity contribution < 1.29 is 31.0 Å². The second kappa shape index (κ2) is 7.62. The first-order valence-corrected chi connectivity index (χ1v) is 12.8. The fourth-order valence-electron chi connectivity index (χ4n) is 3.44. The van der Waals surface area contributed by atoms with E-state index in [1.807, 2.05) is 0 Å². The molecule has 164 valence electrons. The van der Waals surface area contributed by atoms with Crippen LogP contribution in [0.2, 0.25) is 0 Å². The fourth-order valence-corrected chi connectivity index (χ4v) is 6.03. The topological polar surface area (TPSA) is 135 Å². The minimum absolute atomic E-state index is 0.0137. The summed E-state index contributed by atoms with van der Waals surface area (Å²) in [7, 11) is -9.37. The Balaban J connectivity index is 2.03. The molecule has 0 saturated heterocycles. The van der Waals surface area contributed by atoms with Crippen molar-refractivity contribution >= 4 is 53.3 Å². The second-order valence-electron chi connectivity index (χ2n) is 7.08. The molecule has 0 bridgehead atoms. The zero-order valence-corrected chi connectivity index (χ0v) is 19.5. The second-order valence-corrected chi connectivity index (χ2v) is 11.0. The minimum atomic E-state index is -4.99. The van der Waals surface area contributed by atoms with Crippen LogP contribution in [0.1, 0.15) is 37.4 Å². The molecular formula is C21H14BrNO7S2. The first-order chi connectivity index (χ1) is 14.9. The highest BCUT2D eigenvalue weighted by atomic mass is 79.9. The Morgan fingerprint density at radius 2 is 1.38 bits per heavy atom. The smallest absolute Gasteiger partial charge is 0.289 e. The highest BCUT2D eigenvalue weighted by molar-refractivity contribution is 9.10. The van der Waals surface area contributed by atoms with Crippen molar-refractivity contribution in [2.24, 2.45) is 0 Å². The molecule has 1 aliphatic carbocycles. The van der Waals surface area contributed by atoms with Crippen LogP contribution in [0.5, 0.6) is 0 Å². The van der Waals surface area contributed by atoms with E-state index in [1.165, 1.54) is 30.3 Å². The van der Waals surface area contributed by atoms with Gasteiger partial charge in [0.05, 0.1) is 21.7 Å². The van der Waals surface area contributed by atoms with Gasteiger partial charge in [-0.1, -0.05) is 42.0 Å². The summed E-state index contributed by atoms with van der Waals surface area (Å²) in [6.07, 6.45) is 0. The molecule has 3 aromatic carbocycles. The van der Waals surface area contributed by atoms with Gasteiger partial charge in [0.1, 0.15) is 4.90 Å². The Bertz CT molecular complexity index is 1530. The molecule has 0 unspecified atom stereocenters. The summed E-state index contributed by atoms with van der Waals surface area (Å²) in [6, 6.07) is 12.5. The van der Waals surface area contributed by atoms with E-state index in [2.05, 4.69) is 20.7 Å². The van der Waals surface area contributed by atoms with Gasteiger partial charge < -0.3 is 0 Å². The maximum absolute atomic E-state index is 13.3. The van der Waals surface area contributed by atoms with Crippen molar-refractivity contribution in [3.8, 4) is 0 Å². The first kappa shape index (κ1) is 22.3. The number of carbonyl (C=O) groups is 2. The third-order valence-electron chi connectivity index (χ3n) is 4.96. The van der Waals surface area contributed by atoms with E-state index in [0.29, 0.717) is 0 Å². The van der Waals surface area contributed by atoms with Crippen LogP contribution in [0.3, 0.4) is 0 Å². The van der Waals surface area contributed by atoms with Crippen LogP contribution in [-0.4, -0.2) is 33.0 Å². The molecule has 0 aliphatic heterocycles. The van der Waals surface area contributed by atoms with Gasteiger partial charge in [-0.2, -0.15) is 8.42 Å². The van der Waals surface area contributed by atoms with Crippen LogP contribution < -0.4 is 4.72 Å². The predicted molar refractivity (Wildman–Crippen MR) is 119 cm³/mol. The maximum Gasteiger partial charge on any atom is 0.296 e. The number of carbonyl (C=O) groups excluding carboxylic acids is 2. The van der Waals surface area contributed by atoms with Gasteiger partial charge in [-0.15, -0.1) is 0 Å². The third-order valence-corrected chi connectivity index (χ3v) is 7.83. The number of aryl methyl sites for hydroxylation is 1. The van der Waals surface area contributed by atoms with Gasteiger partial charge in [0.15, 0.2) is 11.6 Å². The molecule has 32 heavy (non-hydrogen) atoms. The Kier molecular flexibility index (Phi) is 5.32. The molecule has 0 aromatic heterocycles. The molecule has 3 aromatic rings. The summed E-state index contributed by atoms with van der Waals surface area (Å²) in [5.74, 6) is -1.36. The summed E-state index contributed by atoms with van der Waals surface area (Å²) in [4.78, 5) is 25.3. The fraction of sp³-hybridized carbons (Fsp3) is 0.0476. The highest BCUT2D eigenvalue weighted by Crippen LogP contribution is 2.41. The number of ketones is 2. The molecule has 0 spiro atoms. The largest absolute Gasteiger partial charge is 0.296 e. The maximum atomic E-state index is 13.3. The summed E-state index contributed by atoms with van der Waals surface area (Å²) in [6.45, 7) is 1.76. The van der Waals surface area contributed by atoms with Crippen molar-refractivity contribution in [3.05, 3.63) is 86.9 Å². The number of benzene rings is 3. The summed E-state index contributed by atoms with van der Waals surface area (Å²) in [5, 5.41) is 0. The van der Waals surface area contributed by atoms with E-state index in [0.717, 1.165) is 11.6 Å².